The van der Waals surface area contributed by atoms with Gasteiger partial charge in [-0.2, -0.15) is 0 Å². The highest BCUT2D eigenvalue weighted by molar-refractivity contribution is 5.49. The number of likely N-dealkylation sites (N-methyl/N-ethyl adjacent to an activating group) is 1. The molecule has 0 aromatic carbocycles. The van der Waals surface area contributed by atoms with E-state index < -0.39 is 0 Å². The summed E-state index contributed by atoms with van der Waals surface area (Å²) < 4.78 is 2.30. The fourth-order valence-corrected chi connectivity index (χ4v) is 1.80. The fourth-order valence-electron chi connectivity index (χ4n) is 1.80. The summed E-state index contributed by atoms with van der Waals surface area (Å²) in [5, 5.41) is 3.20. The van der Waals surface area contributed by atoms with Crippen LogP contribution in [0.1, 0.15) is 37.9 Å². The summed E-state index contributed by atoms with van der Waals surface area (Å²) in [5.41, 5.74) is 2.68. The van der Waals surface area contributed by atoms with E-state index in [0.29, 0.717) is 6.04 Å². The first-order chi connectivity index (χ1) is 7.35. The maximum atomic E-state index is 4.23. The van der Waals surface area contributed by atoms with Gasteiger partial charge < -0.3 is 9.88 Å². The topological polar surface area (TPSA) is 29.9 Å². The highest BCUT2D eigenvalue weighted by Gasteiger charge is 2.24. The van der Waals surface area contributed by atoms with E-state index in [1.807, 2.05) is 19.6 Å². The van der Waals surface area contributed by atoms with Crippen molar-refractivity contribution in [1.29, 1.82) is 0 Å². The van der Waals surface area contributed by atoms with Crippen LogP contribution in [0, 0.1) is 0 Å². The Morgan fingerprint density at radius 3 is 3.07 bits per heavy atom. The zero-order valence-corrected chi connectivity index (χ0v) is 9.53. The average Bonchev–Trinajstić information content (AvgIpc) is 2.99. The maximum Gasteiger partial charge on any atom is 0.0953 e. The Morgan fingerprint density at radius 1 is 1.67 bits per heavy atom. The molecule has 1 saturated carbocycles. The van der Waals surface area contributed by atoms with E-state index >= 15 is 0 Å². The molecule has 15 heavy (non-hydrogen) atoms. The molecule has 0 radical (unpaired) electrons. The van der Waals surface area contributed by atoms with Crippen molar-refractivity contribution in [2.75, 3.05) is 13.6 Å². The number of hydrogen-bond donors (Lipinski definition) is 1. The zero-order valence-electron chi connectivity index (χ0n) is 9.53. The Labute approximate surface area is 91.2 Å². The number of imidazole rings is 1. The third-order valence-electron chi connectivity index (χ3n) is 2.85. The molecule has 0 atom stereocenters. The van der Waals surface area contributed by atoms with Gasteiger partial charge in [0.05, 0.1) is 18.2 Å². The molecule has 1 aromatic heterocycles. The van der Waals surface area contributed by atoms with E-state index in [2.05, 4.69) is 27.9 Å². The van der Waals surface area contributed by atoms with Crippen LogP contribution < -0.4 is 5.32 Å². The van der Waals surface area contributed by atoms with Gasteiger partial charge in [-0.25, -0.2) is 4.98 Å². The quantitative estimate of drug-likeness (QED) is 0.799. The van der Waals surface area contributed by atoms with Gasteiger partial charge in [0.2, 0.25) is 0 Å². The van der Waals surface area contributed by atoms with E-state index in [1.54, 1.807) is 0 Å². The van der Waals surface area contributed by atoms with Gasteiger partial charge in [0, 0.05) is 12.6 Å². The molecule has 0 bridgehead atoms. The van der Waals surface area contributed by atoms with Crippen LogP contribution in [0.3, 0.4) is 0 Å². The Bertz CT molecular complexity index is 348. The van der Waals surface area contributed by atoms with Gasteiger partial charge >= 0.3 is 0 Å². The second-order valence-corrected chi connectivity index (χ2v) is 4.14. The van der Waals surface area contributed by atoms with Crippen LogP contribution in [-0.2, 0) is 0 Å². The van der Waals surface area contributed by atoms with Gasteiger partial charge in [-0.3, -0.25) is 0 Å². The molecule has 1 N–H and O–H groups in total. The second-order valence-electron chi connectivity index (χ2n) is 4.14. The molecule has 0 spiro atoms. The number of rotatable bonds is 5. The van der Waals surface area contributed by atoms with Crippen LogP contribution in [0.2, 0.25) is 0 Å². The number of aromatic nitrogens is 2. The molecule has 82 valence electrons. The molecule has 3 nitrogen and oxygen atoms in total. The standard InChI is InChI=1S/C12H19N3/c1-3-10(7-13-2)6-12-8-14-9-15(12)11-4-5-11/h6,8-9,11,13H,3-5,7H2,1-2H3. The van der Waals surface area contributed by atoms with Crippen molar-refractivity contribution in [3.63, 3.8) is 0 Å². The maximum absolute atomic E-state index is 4.23. The molecule has 0 saturated heterocycles. The minimum absolute atomic E-state index is 0.714. The Balaban J connectivity index is 2.16. The summed E-state index contributed by atoms with van der Waals surface area (Å²) in [6.45, 7) is 3.16. The van der Waals surface area contributed by atoms with Gasteiger partial charge in [0.25, 0.3) is 0 Å². The number of hydrogen-bond acceptors (Lipinski definition) is 2. The Hall–Kier alpha value is -1.09. The Kier molecular flexibility index (Phi) is 3.21. The van der Waals surface area contributed by atoms with Crippen LogP contribution in [0.25, 0.3) is 6.08 Å². The van der Waals surface area contributed by atoms with E-state index in [-0.39, 0.29) is 0 Å². The highest BCUT2D eigenvalue weighted by atomic mass is 15.1. The monoisotopic (exact) mass is 205 g/mol. The molecular weight excluding hydrogens is 186 g/mol. The van der Waals surface area contributed by atoms with Crippen molar-refractivity contribution in [3.05, 3.63) is 23.8 Å². The van der Waals surface area contributed by atoms with Crippen molar-refractivity contribution < 1.29 is 0 Å². The Morgan fingerprint density at radius 2 is 2.47 bits per heavy atom. The molecular formula is C12H19N3. The molecule has 1 heterocycles. The predicted octanol–water partition coefficient (Wildman–Crippen LogP) is 2.23. The lowest BCUT2D eigenvalue weighted by molar-refractivity contribution is 0.732. The third kappa shape index (κ3) is 2.48. The molecule has 0 aliphatic heterocycles. The molecule has 1 aromatic rings. The molecule has 2 rings (SSSR count). The normalized spacial score (nSPS) is 17.1. The third-order valence-corrected chi connectivity index (χ3v) is 2.85. The van der Waals surface area contributed by atoms with E-state index in [0.717, 1.165) is 13.0 Å². The second kappa shape index (κ2) is 4.62. The lowest BCUT2D eigenvalue weighted by Gasteiger charge is -2.06. The molecule has 1 aliphatic carbocycles. The smallest absolute Gasteiger partial charge is 0.0953 e. The van der Waals surface area contributed by atoms with Crippen LogP contribution in [0.5, 0.6) is 0 Å². The minimum Gasteiger partial charge on any atom is -0.328 e. The van der Waals surface area contributed by atoms with Gasteiger partial charge in [0.15, 0.2) is 0 Å². The fraction of sp³-hybridized carbons (Fsp3) is 0.583. The number of nitrogens with zero attached hydrogens (tertiary/aromatic N) is 2. The van der Waals surface area contributed by atoms with Crippen molar-refractivity contribution in [2.45, 2.75) is 32.2 Å². The van der Waals surface area contributed by atoms with Crippen molar-refractivity contribution in [1.82, 2.24) is 14.9 Å². The molecule has 1 fully saturated rings. The van der Waals surface area contributed by atoms with Crippen LogP contribution >= 0.6 is 0 Å². The van der Waals surface area contributed by atoms with Gasteiger partial charge in [-0.1, -0.05) is 12.5 Å². The summed E-state index contributed by atoms with van der Waals surface area (Å²) in [7, 11) is 1.99. The first-order valence-electron chi connectivity index (χ1n) is 5.71. The van der Waals surface area contributed by atoms with E-state index in [4.69, 9.17) is 0 Å². The SMILES string of the molecule is CCC(=Cc1cncn1C1CC1)CNC. The van der Waals surface area contributed by atoms with Gasteiger partial charge in [-0.05, 0) is 32.4 Å². The van der Waals surface area contributed by atoms with Crippen molar-refractivity contribution in [3.8, 4) is 0 Å². The van der Waals surface area contributed by atoms with Crippen molar-refractivity contribution >= 4 is 6.08 Å². The van der Waals surface area contributed by atoms with Gasteiger partial charge in [-0.15, -0.1) is 0 Å². The molecule has 1 aliphatic rings. The molecule has 3 heteroatoms. The minimum atomic E-state index is 0.714. The summed E-state index contributed by atoms with van der Waals surface area (Å²) in [6, 6.07) is 0.714. The predicted molar refractivity (Wildman–Crippen MR) is 62.7 cm³/mol. The lowest BCUT2D eigenvalue weighted by Crippen LogP contribution is -2.10. The van der Waals surface area contributed by atoms with Crippen LogP contribution in [0.15, 0.2) is 18.1 Å². The van der Waals surface area contributed by atoms with E-state index in [1.165, 1.54) is 24.1 Å². The van der Waals surface area contributed by atoms with Crippen molar-refractivity contribution in [2.24, 2.45) is 0 Å². The first kappa shape index (κ1) is 10.4. The van der Waals surface area contributed by atoms with Crippen LogP contribution in [-0.4, -0.2) is 23.1 Å². The highest BCUT2D eigenvalue weighted by Crippen LogP contribution is 2.36. The molecule has 0 amide bonds. The summed E-state index contributed by atoms with van der Waals surface area (Å²) in [5.74, 6) is 0. The number of nitrogens with one attached hydrogen (secondary N) is 1. The van der Waals surface area contributed by atoms with Crippen LogP contribution in [0.4, 0.5) is 0 Å². The molecule has 0 unspecified atom stereocenters. The van der Waals surface area contributed by atoms with Gasteiger partial charge in [0.1, 0.15) is 0 Å². The summed E-state index contributed by atoms with van der Waals surface area (Å²) in [6.07, 6.45) is 9.90. The zero-order chi connectivity index (χ0) is 10.7. The largest absolute Gasteiger partial charge is 0.328 e. The average molecular weight is 205 g/mol. The summed E-state index contributed by atoms with van der Waals surface area (Å²) in [4.78, 5) is 4.23. The first-order valence-corrected chi connectivity index (χ1v) is 5.71. The summed E-state index contributed by atoms with van der Waals surface area (Å²) >= 11 is 0. The van der Waals surface area contributed by atoms with E-state index in [9.17, 15) is 0 Å². The lowest BCUT2D eigenvalue weighted by atomic mass is 10.1.